The predicted octanol–water partition coefficient (Wildman–Crippen LogP) is 4.76. The minimum atomic E-state index is -1.23. The summed E-state index contributed by atoms with van der Waals surface area (Å²) in [6.07, 6.45) is 2.85. The van der Waals surface area contributed by atoms with E-state index in [4.69, 9.17) is 118 Å². The Morgan fingerprint density at radius 1 is 0.239 bits per heavy atom. The van der Waals surface area contributed by atoms with Gasteiger partial charge in [-0.3, -0.25) is 33.6 Å². The van der Waals surface area contributed by atoms with Crippen LogP contribution in [0.5, 0.6) is 0 Å². The fraction of sp³-hybridized carbons (Fsp3) is 0.919. The first-order valence-electron chi connectivity index (χ1n) is 54.2. The summed E-state index contributed by atoms with van der Waals surface area (Å²) in [6, 6.07) is 0. The van der Waals surface area contributed by atoms with Crippen molar-refractivity contribution < 1.29 is 157 Å². The molecule has 8 saturated carbocycles. The third-order valence-corrected chi connectivity index (χ3v) is 35.1. The number of fused-ring (bicyclic) bond motifs is 8. The average molecular weight is 2000 g/mol. The van der Waals surface area contributed by atoms with Crippen molar-refractivity contribution in [3.05, 3.63) is 10.4 Å². The SMILES string of the molecule is CC(C)OC(=O)[C@@H]1O[C@H](CNC(=O)[C@@H]2O[C@H](CNC(=O)[C@@H]3O[C@H](CNC(=O)[C@@H]4O[C@H](CNC(=O)[C@@H]5O[C@H](CNC(=O)[C@@H]6O[C@H](CNC(=O)[C@@H]7O[C@H](CNC(=O)[C@@H]8O[C@H](CN=[N+]=[N-])[C@H]9OC%10(CCCCC%10)O[C@H]98)[C@H]8OC9(CCCCC9)O[C@H]87)[C@H]7OC8(CCCCC8)O[C@H]76)[C@H]6OC7(CCCCC7)O[C@H]65)[C@H]5OC6(CCCCC6)O[C@H]54)[C@H]4OC5(CCCCC5)O[C@H]43)[C@H]3OC4(CCCCC4)O[C@H]32)[C@H]2OC3(CCCCC3)O[C@H]21. The van der Waals surface area contributed by atoms with Crippen LogP contribution in [0.15, 0.2) is 5.11 Å². The maximum absolute atomic E-state index is 15.2. The molecule has 7 amide bonds. The molecule has 0 aromatic rings. The van der Waals surface area contributed by atoms with Crippen molar-refractivity contribution in [3.63, 3.8) is 0 Å². The Bertz CT molecular complexity index is 4600. The molecule has 0 aromatic heterocycles. The molecule has 16 heterocycles. The number of carbonyl (C=O) groups excluding carboxylic acids is 8. The number of nitrogens with zero attached hydrogens (tertiary/aromatic N) is 3. The summed E-state index contributed by atoms with van der Waals surface area (Å²) in [5.41, 5.74) is 9.25. The highest BCUT2D eigenvalue weighted by Crippen LogP contribution is 2.56. The maximum Gasteiger partial charge on any atom is 0.338 e. The Balaban J connectivity index is 0.414. The van der Waals surface area contributed by atoms with Crippen molar-refractivity contribution in [3.8, 4) is 0 Å². The summed E-state index contributed by atoms with van der Waals surface area (Å²) in [5.74, 6) is -11.7. The average Bonchev–Trinajstić information content (AvgIpc) is 1.59. The summed E-state index contributed by atoms with van der Waals surface area (Å²) in [7, 11) is 0. The Morgan fingerprint density at radius 2 is 0.387 bits per heavy atom. The summed E-state index contributed by atoms with van der Waals surface area (Å²) in [5, 5.41) is 25.3. The van der Waals surface area contributed by atoms with Gasteiger partial charge in [0, 0.05) is 153 Å². The molecule has 43 nitrogen and oxygen atoms in total. The molecule has 8 spiro atoms. The second-order valence-corrected chi connectivity index (χ2v) is 45.0. The first kappa shape index (κ1) is 98.1. The second-order valence-electron chi connectivity index (χ2n) is 45.0. The fourth-order valence-corrected chi connectivity index (χ4v) is 28.3. The van der Waals surface area contributed by atoms with Gasteiger partial charge < -0.3 is 156 Å². The van der Waals surface area contributed by atoms with Gasteiger partial charge in [-0.15, -0.1) is 0 Å². The molecule has 7 N–H and O–H groups in total. The molecule has 24 aliphatic rings. The second kappa shape index (κ2) is 39.8. The Morgan fingerprint density at radius 3 is 0.556 bits per heavy atom. The molecular formula is C99H142N10O33. The number of carbonyl (C=O) groups is 8. The molecule has 0 aromatic carbocycles. The zero-order valence-electron chi connectivity index (χ0n) is 81.3. The van der Waals surface area contributed by atoms with Crippen LogP contribution >= 0.6 is 0 Å². The largest absolute Gasteiger partial charge is 0.461 e. The number of amides is 7. The van der Waals surface area contributed by atoms with E-state index in [0.717, 1.165) is 154 Å². The molecule has 0 unspecified atom stereocenters. The van der Waals surface area contributed by atoms with Gasteiger partial charge in [0.1, 0.15) is 140 Å². The molecule has 0 bridgehead atoms. The molecule has 43 heteroatoms. The molecule has 24 fully saturated rings. The smallest absolute Gasteiger partial charge is 0.338 e. The zero-order chi connectivity index (χ0) is 96.7. The van der Waals surface area contributed by atoms with E-state index in [9.17, 15) is 24.7 Å². The highest BCUT2D eigenvalue weighted by atomic mass is 16.8. The minimum Gasteiger partial charge on any atom is -0.461 e. The van der Waals surface area contributed by atoms with Crippen molar-refractivity contribution in [2.24, 2.45) is 5.11 Å². The standard InChI is InChI=1S/C99H142N10O33/c1-51(2)118-91(117)83-75-66(133-99(142-75)41-25-10-26-42-99)58(126-83)49-107-89(115)81-73-64(131-97(140-73)37-21-8-22-38-97)56(124-81)47-105-87(113)79-71-62(129-95(138-71)33-17-6-18-34-95)54(122-79)45-103-85(111)77-69-60(127-93(136-69)29-13-4-14-30-93)52(120-77)43-101-84(110)76-68-61(128-92(135-68)27-11-3-12-28-92)53(119-76)44-102-86(112)78-70-63(130-94(137-70)31-15-5-16-32-94)55(121-78)46-104-88(114)80-72-65(132-96(139-72)35-19-7-20-36-96)57(123-80)48-106-90(116)82-74-67(59(125-82)50-108-109-100)134-98(141-74)39-23-9-24-40-98/h51-83H,3-50H2,1-2H3,(H,101,110)(H,102,112)(H,103,111)(H,104,114)(H,105,113)(H,106,116)(H,107,115)/t52-,53-,54-,55-,56-,57-,58-,59-,60-,61-,62-,63-,64-,65-,66-,67-,68-,69-,70-,71-,72-,73-,74-,75-,76-,77-,78-,79-,80-,81-,82-,83-/m1/s1. The number of azide groups is 1. The molecule has 0 radical (unpaired) electrons. The number of hydrogen-bond acceptors (Lipinski definition) is 34. The van der Waals surface area contributed by atoms with Gasteiger partial charge in [-0.2, -0.15) is 0 Å². The molecule has 16 aliphatic heterocycles. The molecule has 8 aliphatic carbocycles. The molecule has 16 saturated heterocycles. The van der Waals surface area contributed by atoms with E-state index in [-0.39, 0.29) is 52.4 Å². The van der Waals surface area contributed by atoms with E-state index < -0.39 is 295 Å². The zero-order valence-corrected chi connectivity index (χ0v) is 81.3. The first-order valence-corrected chi connectivity index (χ1v) is 54.2. The van der Waals surface area contributed by atoms with E-state index in [0.29, 0.717) is 103 Å². The van der Waals surface area contributed by atoms with Gasteiger partial charge >= 0.3 is 5.97 Å². The Labute approximate surface area is 823 Å². The lowest BCUT2D eigenvalue weighted by molar-refractivity contribution is -0.227. The predicted molar refractivity (Wildman–Crippen MR) is 480 cm³/mol. The van der Waals surface area contributed by atoms with Crippen LogP contribution in [0.1, 0.15) is 271 Å². The van der Waals surface area contributed by atoms with Crippen molar-refractivity contribution in [1.82, 2.24) is 37.2 Å². The van der Waals surface area contributed by atoms with Crippen LogP contribution in [0, 0.1) is 0 Å². The third-order valence-electron chi connectivity index (χ3n) is 35.1. The van der Waals surface area contributed by atoms with Crippen LogP contribution in [0.4, 0.5) is 0 Å². The Hall–Kier alpha value is -5.89. The number of hydrogen-bond donors (Lipinski definition) is 7. The van der Waals surface area contributed by atoms with Gasteiger partial charge in [0.05, 0.1) is 18.8 Å². The monoisotopic (exact) mass is 2000 g/mol. The van der Waals surface area contributed by atoms with Crippen LogP contribution in [-0.4, -0.2) is 347 Å². The minimum absolute atomic E-state index is 0.0297. The third kappa shape index (κ3) is 18.6. The number of ether oxygens (including phenoxy) is 25. The van der Waals surface area contributed by atoms with Crippen LogP contribution in [0.25, 0.3) is 10.4 Å². The van der Waals surface area contributed by atoms with Crippen LogP contribution in [0.2, 0.25) is 0 Å². The number of esters is 1. The lowest BCUT2D eigenvalue weighted by atomic mass is 9.94. The lowest BCUT2D eigenvalue weighted by Crippen LogP contribution is -2.49. The van der Waals surface area contributed by atoms with Gasteiger partial charge in [-0.1, -0.05) is 56.5 Å². The van der Waals surface area contributed by atoms with Gasteiger partial charge in [-0.25, -0.2) is 4.79 Å². The van der Waals surface area contributed by atoms with Crippen molar-refractivity contribution >= 4 is 47.3 Å². The molecule has 32 atom stereocenters. The van der Waals surface area contributed by atoms with E-state index in [1.165, 1.54) is 0 Å². The summed E-state index contributed by atoms with van der Waals surface area (Å²) >= 11 is 0. The lowest BCUT2D eigenvalue weighted by Gasteiger charge is -2.34. The number of rotatable bonds is 25. The van der Waals surface area contributed by atoms with Gasteiger partial charge in [0.25, 0.3) is 41.4 Å². The molecular weight excluding hydrogens is 1860 g/mol. The summed E-state index contributed by atoms with van der Waals surface area (Å²) in [6.45, 7) is 2.84. The highest BCUT2D eigenvalue weighted by molar-refractivity contribution is 5.86. The summed E-state index contributed by atoms with van der Waals surface area (Å²) < 4.78 is 167. The van der Waals surface area contributed by atoms with Crippen molar-refractivity contribution in [2.75, 3.05) is 52.4 Å². The van der Waals surface area contributed by atoms with Crippen LogP contribution in [0.3, 0.4) is 0 Å². The van der Waals surface area contributed by atoms with Crippen LogP contribution < -0.4 is 37.2 Å². The molecule has 142 heavy (non-hydrogen) atoms. The topological polar surface area (TPSA) is 500 Å². The maximum atomic E-state index is 15.2. The van der Waals surface area contributed by atoms with E-state index in [1.807, 2.05) is 0 Å². The van der Waals surface area contributed by atoms with E-state index in [1.54, 1.807) is 13.8 Å². The summed E-state index contributed by atoms with van der Waals surface area (Å²) in [4.78, 5) is 121. The Kier molecular flexibility index (Phi) is 27.5. The van der Waals surface area contributed by atoms with Gasteiger partial charge in [-0.05, 0) is 122 Å². The fourth-order valence-electron chi connectivity index (χ4n) is 28.3. The molecule has 786 valence electrons. The van der Waals surface area contributed by atoms with E-state index in [2.05, 4.69) is 47.2 Å². The van der Waals surface area contributed by atoms with Gasteiger partial charge in [0.15, 0.2) is 95.1 Å². The van der Waals surface area contributed by atoms with Gasteiger partial charge in [0.2, 0.25) is 0 Å². The first-order chi connectivity index (χ1) is 69.0. The quantitative estimate of drug-likeness (QED) is 0.0280. The van der Waals surface area contributed by atoms with E-state index >= 15 is 19.2 Å². The number of nitrogens with one attached hydrogen (secondary N) is 7. The van der Waals surface area contributed by atoms with Crippen molar-refractivity contribution in [1.29, 1.82) is 0 Å². The van der Waals surface area contributed by atoms with Crippen molar-refractivity contribution in [2.45, 2.75) is 518 Å². The normalized spacial score (nSPS) is 43.1. The highest BCUT2D eigenvalue weighted by Gasteiger charge is 2.71. The molecule has 24 rings (SSSR count). The van der Waals surface area contributed by atoms with Crippen LogP contribution in [-0.2, 0) is 157 Å².